The molecule has 6 nitrogen and oxygen atoms in total. The van der Waals surface area contributed by atoms with E-state index in [4.69, 9.17) is 9.47 Å². The summed E-state index contributed by atoms with van der Waals surface area (Å²) in [4.78, 5) is 35.2. The number of aryl methyl sites for hydroxylation is 2. The van der Waals surface area contributed by atoms with E-state index < -0.39 is 11.9 Å². The third-order valence-corrected chi connectivity index (χ3v) is 3.53. The molecule has 1 aromatic rings. The van der Waals surface area contributed by atoms with Crippen LogP contribution in [0.1, 0.15) is 47.3 Å². The second-order valence-corrected chi connectivity index (χ2v) is 5.09. The van der Waals surface area contributed by atoms with Gasteiger partial charge in [0.1, 0.15) is 11.3 Å². The summed E-state index contributed by atoms with van der Waals surface area (Å²) >= 11 is 0. The number of hydrogen-bond acceptors (Lipinski definition) is 5. The Morgan fingerprint density at radius 2 is 1.92 bits per heavy atom. The molecule has 0 aliphatic heterocycles. The van der Waals surface area contributed by atoms with Crippen LogP contribution in [0.2, 0.25) is 0 Å². The number of benzene rings is 1. The monoisotopic (exact) mass is 333 g/mol. The summed E-state index contributed by atoms with van der Waals surface area (Å²) in [7, 11) is 2.96. The lowest BCUT2D eigenvalue weighted by atomic mass is 9.95. The molecule has 1 amide bonds. The second-order valence-electron chi connectivity index (χ2n) is 5.09. The number of rotatable bonds is 6. The Hall–Kier alpha value is -2.63. The van der Waals surface area contributed by atoms with Gasteiger partial charge < -0.3 is 14.8 Å². The minimum Gasteiger partial charge on any atom is -0.495 e. The average molecular weight is 333 g/mol. The Balaban J connectivity index is 3.49. The first-order valence-electron chi connectivity index (χ1n) is 7.74. The molecule has 1 aromatic carbocycles. The van der Waals surface area contributed by atoms with Crippen LogP contribution in [0.4, 0.5) is 0 Å². The van der Waals surface area contributed by atoms with E-state index in [2.05, 4.69) is 5.32 Å². The van der Waals surface area contributed by atoms with Crippen LogP contribution < -0.4 is 10.1 Å². The van der Waals surface area contributed by atoms with Gasteiger partial charge in [0, 0.05) is 25.1 Å². The number of carbonyl (C=O) groups is 3. The highest BCUT2D eigenvalue weighted by molar-refractivity contribution is 6.02. The maximum Gasteiger partial charge on any atom is 0.349 e. The predicted octanol–water partition coefficient (Wildman–Crippen LogP) is 2.42. The van der Waals surface area contributed by atoms with Gasteiger partial charge in [-0.25, -0.2) is 4.79 Å². The van der Waals surface area contributed by atoms with Gasteiger partial charge in [0.15, 0.2) is 0 Å². The Bertz CT molecular complexity index is 676. The number of esters is 2. The number of nitrogens with one attached hydrogen (secondary N) is 1. The number of amides is 1. The van der Waals surface area contributed by atoms with E-state index in [-0.39, 0.29) is 17.9 Å². The molecule has 0 radical (unpaired) electrons. The van der Waals surface area contributed by atoms with Crippen molar-refractivity contribution in [2.24, 2.45) is 0 Å². The summed E-state index contributed by atoms with van der Waals surface area (Å²) in [6.45, 7) is 5.32. The summed E-state index contributed by atoms with van der Waals surface area (Å²) in [5, 5.41) is 2.49. The molecule has 0 fully saturated rings. The molecule has 1 N–H and O–H groups in total. The Morgan fingerprint density at radius 1 is 1.25 bits per heavy atom. The van der Waals surface area contributed by atoms with Gasteiger partial charge in [-0.15, -0.1) is 0 Å². The summed E-state index contributed by atoms with van der Waals surface area (Å²) < 4.78 is 10.2. The summed E-state index contributed by atoms with van der Waals surface area (Å²) in [6, 6.07) is 1.83. The topological polar surface area (TPSA) is 81.7 Å². The fraction of sp³-hybridized carbons (Fsp3) is 0.389. The molecule has 0 aliphatic rings. The normalized spacial score (nSPS) is 10.5. The molecular formula is C18H23NO5. The molecular weight excluding hydrogens is 310 g/mol. The lowest BCUT2D eigenvalue weighted by Gasteiger charge is -2.16. The van der Waals surface area contributed by atoms with Crippen LogP contribution in [-0.4, -0.2) is 32.0 Å². The van der Waals surface area contributed by atoms with Crippen LogP contribution in [0.3, 0.4) is 0 Å². The largest absolute Gasteiger partial charge is 0.495 e. The lowest BCUT2D eigenvalue weighted by Crippen LogP contribution is -2.16. The molecule has 0 heterocycles. The van der Waals surface area contributed by atoms with Crippen molar-refractivity contribution in [2.45, 2.75) is 33.6 Å². The minimum absolute atomic E-state index is 0.101. The van der Waals surface area contributed by atoms with Crippen molar-refractivity contribution >= 4 is 23.9 Å². The number of likely N-dealkylation sites (N-methyl/N-ethyl adjacent to an activating group) is 1. The Kier molecular flexibility index (Phi) is 7.17. The fourth-order valence-corrected chi connectivity index (χ4v) is 2.28. The maximum atomic E-state index is 12.3. The van der Waals surface area contributed by atoms with Crippen LogP contribution in [0.25, 0.3) is 6.08 Å². The van der Waals surface area contributed by atoms with E-state index in [1.165, 1.54) is 20.2 Å². The zero-order valence-corrected chi connectivity index (χ0v) is 14.7. The second kappa shape index (κ2) is 8.86. The van der Waals surface area contributed by atoms with Gasteiger partial charge in [0.05, 0.1) is 7.11 Å². The van der Waals surface area contributed by atoms with Gasteiger partial charge in [-0.1, -0.05) is 19.9 Å². The van der Waals surface area contributed by atoms with Gasteiger partial charge in [-0.3, -0.25) is 9.59 Å². The molecule has 0 aliphatic carbocycles. The van der Waals surface area contributed by atoms with E-state index >= 15 is 0 Å². The molecule has 0 saturated heterocycles. The molecule has 130 valence electrons. The highest BCUT2D eigenvalue weighted by atomic mass is 16.6. The smallest absolute Gasteiger partial charge is 0.349 e. The fourth-order valence-electron chi connectivity index (χ4n) is 2.28. The van der Waals surface area contributed by atoms with Gasteiger partial charge in [0.25, 0.3) is 0 Å². The van der Waals surface area contributed by atoms with Crippen molar-refractivity contribution in [3.63, 3.8) is 0 Å². The number of ether oxygens (including phenoxy) is 2. The molecule has 0 spiro atoms. The number of carbonyl (C=O) groups excluding carboxylic acids is 3. The van der Waals surface area contributed by atoms with Crippen molar-refractivity contribution in [3.8, 4) is 5.75 Å². The first-order valence-corrected chi connectivity index (χ1v) is 7.74. The highest BCUT2D eigenvalue weighted by Gasteiger charge is 2.23. The van der Waals surface area contributed by atoms with Crippen LogP contribution in [0, 0.1) is 6.92 Å². The minimum atomic E-state index is -0.756. The van der Waals surface area contributed by atoms with Gasteiger partial charge in [-0.05, 0) is 30.5 Å². The standard InChI is InChI=1S/C18H23NO5/c1-6-12-10-11(3)16(18(22)24-15(21)7-2)17(23-5)13(12)8-9-14(20)19-4/h8-10H,6-7H2,1-5H3,(H,19,20)/b9-8+. The number of hydrogen-bond donors (Lipinski definition) is 1. The average Bonchev–Trinajstić information content (AvgIpc) is 2.58. The molecule has 6 heteroatoms. The van der Waals surface area contributed by atoms with Gasteiger partial charge in [-0.2, -0.15) is 0 Å². The van der Waals surface area contributed by atoms with E-state index in [1.54, 1.807) is 19.9 Å². The molecule has 0 unspecified atom stereocenters. The molecule has 0 atom stereocenters. The molecule has 0 bridgehead atoms. The highest BCUT2D eigenvalue weighted by Crippen LogP contribution is 2.32. The Labute approximate surface area is 141 Å². The van der Waals surface area contributed by atoms with Crippen molar-refractivity contribution in [1.29, 1.82) is 0 Å². The molecule has 1 rings (SSSR count). The zero-order valence-electron chi connectivity index (χ0n) is 14.7. The summed E-state index contributed by atoms with van der Waals surface area (Å²) in [5.74, 6) is -1.34. The third-order valence-electron chi connectivity index (χ3n) is 3.53. The molecule has 24 heavy (non-hydrogen) atoms. The molecule has 0 aromatic heterocycles. The SMILES string of the molecule is CCC(=O)OC(=O)c1c(C)cc(CC)c(/C=C/C(=O)NC)c1OC. The van der Waals surface area contributed by atoms with Crippen LogP contribution in [-0.2, 0) is 20.7 Å². The first-order chi connectivity index (χ1) is 11.4. The Morgan fingerprint density at radius 3 is 2.42 bits per heavy atom. The van der Waals surface area contributed by atoms with Crippen molar-refractivity contribution in [3.05, 3.63) is 34.4 Å². The third kappa shape index (κ3) is 4.44. The van der Waals surface area contributed by atoms with E-state index in [0.717, 1.165) is 5.56 Å². The van der Waals surface area contributed by atoms with Crippen molar-refractivity contribution in [1.82, 2.24) is 5.32 Å². The van der Waals surface area contributed by atoms with Crippen molar-refractivity contribution in [2.75, 3.05) is 14.2 Å². The molecule has 0 saturated carbocycles. The van der Waals surface area contributed by atoms with E-state index in [1.807, 2.05) is 13.0 Å². The lowest BCUT2D eigenvalue weighted by molar-refractivity contribution is -0.137. The maximum absolute atomic E-state index is 12.3. The summed E-state index contributed by atoms with van der Waals surface area (Å²) in [6.07, 6.45) is 3.74. The van der Waals surface area contributed by atoms with Gasteiger partial charge in [0.2, 0.25) is 5.91 Å². The van der Waals surface area contributed by atoms with Crippen molar-refractivity contribution < 1.29 is 23.9 Å². The van der Waals surface area contributed by atoms with Crippen LogP contribution in [0.5, 0.6) is 5.75 Å². The predicted molar refractivity (Wildman–Crippen MR) is 90.9 cm³/mol. The van der Waals surface area contributed by atoms with E-state index in [0.29, 0.717) is 23.3 Å². The van der Waals surface area contributed by atoms with Crippen LogP contribution in [0.15, 0.2) is 12.1 Å². The first kappa shape index (κ1) is 19.4. The zero-order chi connectivity index (χ0) is 18.3. The van der Waals surface area contributed by atoms with E-state index in [9.17, 15) is 14.4 Å². The van der Waals surface area contributed by atoms with Crippen LogP contribution >= 0.6 is 0 Å². The summed E-state index contributed by atoms with van der Waals surface area (Å²) in [5.41, 5.74) is 2.37. The quantitative estimate of drug-likeness (QED) is 0.491. The van der Waals surface area contributed by atoms with Gasteiger partial charge >= 0.3 is 11.9 Å². The number of methoxy groups -OCH3 is 1.